The van der Waals surface area contributed by atoms with E-state index < -0.39 is 23.6 Å². The zero-order valence-electron chi connectivity index (χ0n) is 14.8. The Bertz CT molecular complexity index is 1010. The van der Waals surface area contributed by atoms with Crippen LogP contribution in [0.5, 0.6) is 0 Å². The Balaban J connectivity index is 1.80. The number of nitriles is 1. The molecule has 2 aromatic carbocycles. The summed E-state index contributed by atoms with van der Waals surface area (Å²) in [5.74, 6) is -2.14. The molecule has 1 unspecified atom stereocenters. The molecule has 1 heterocycles. The lowest BCUT2D eigenvalue weighted by atomic mass is 10.1. The van der Waals surface area contributed by atoms with Crippen LogP contribution in [0.3, 0.4) is 0 Å². The summed E-state index contributed by atoms with van der Waals surface area (Å²) in [4.78, 5) is 12.4. The predicted molar refractivity (Wildman–Crippen MR) is 97.4 cm³/mol. The van der Waals surface area contributed by atoms with E-state index in [0.717, 1.165) is 29.2 Å². The summed E-state index contributed by atoms with van der Waals surface area (Å²) < 4.78 is 29.0. The number of nitrogens with one attached hydrogen (secondary N) is 1. The van der Waals surface area contributed by atoms with E-state index in [1.165, 1.54) is 0 Å². The Morgan fingerprint density at radius 2 is 1.67 bits per heavy atom. The molecule has 0 radical (unpaired) electrons. The van der Waals surface area contributed by atoms with E-state index in [2.05, 4.69) is 5.32 Å². The molecule has 136 valence electrons. The number of hydrogen-bond acceptors (Lipinski definition) is 2. The van der Waals surface area contributed by atoms with Gasteiger partial charge in [-0.1, -0.05) is 6.07 Å². The monoisotopic (exact) mass is 365 g/mol. The first-order chi connectivity index (χ1) is 12.9. The van der Waals surface area contributed by atoms with Crippen molar-refractivity contribution in [1.82, 2.24) is 9.88 Å². The van der Waals surface area contributed by atoms with E-state index in [-0.39, 0.29) is 5.56 Å². The molecule has 1 N–H and O–H groups in total. The van der Waals surface area contributed by atoms with Crippen LogP contribution >= 0.6 is 0 Å². The van der Waals surface area contributed by atoms with E-state index in [4.69, 9.17) is 0 Å². The van der Waals surface area contributed by atoms with Crippen molar-refractivity contribution in [2.75, 3.05) is 0 Å². The van der Waals surface area contributed by atoms with Gasteiger partial charge in [0.2, 0.25) is 0 Å². The molecule has 0 fully saturated rings. The van der Waals surface area contributed by atoms with Crippen LogP contribution in [0.1, 0.15) is 33.4 Å². The van der Waals surface area contributed by atoms with Crippen LogP contribution in [-0.2, 0) is 0 Å². The van der Waals surface area contributed by atoms with E-state index in [9.17, 15) is 18.8 Å². The highest BCUT2D eigenvalue weighted by molar-refractivity contribution is 5.94. The molecule has 27 heavy (non-hydrogen) atoms. The van der Waals surface area contributed by atoms with Crippen LogP contribution in [-0.4, -0.2) is 10.5 Å². The summed E-state index contributed by atoms with van der Waals surface area (Å²) in [5.41, 5.74) is 3.31. The average Bonchev–Trinajstić information content (AvgIpc) is 2.98. The topological polar surface area (TPSA) is 57.8 Å². The van der Waals surface area contributed by atoms with E-state index in [0.29, 0.717) is 11.6 Å². The smallest absolute Gasteiger partial charge is 0.252 e. The number of aromatic nitrogens is 1. The molecule has 0 bridgehead atoms. The van der Waals surface area contributed by atoms with Gasteiger partial charge in [-0.05, 0) is 56.3 Å². The van der Waals surface area contributed by atoms with Crippen molar-refractivity contribution in [2.24, 2.45) is 0 Å². The molecule has 4 nitrogen and oxygen atoms in total. The molecule has 0 aliphatic heterocycles. The quantitative estimate of drug-likeness (QED) is 0.746. The largest absolute Gasteiger partial charge is 0.332 e. The molecule has 0 aliphatic carbocycles. The van der Waals surface area contributed by atoms with Crippen molar-refractivity contribution in [1.29, 1.82) is 5.26 Å². The Kier molecular flexibility index (Phi) is 5.04. The molecule has 3 rings (SSSR count). The molecule has 0 saturated heterocycles. The summed E-state index contributed by atoms with van der Waals surface area (Å²) in [5, 5.41) is 11.7. The number of nitrogens with zero attached hydrogens (tertiary/aromatic N) is 2. The van der Waals surface area contributed by atoms with Gasteiger partial charge in [0.05, 0.1) is 6.07 Å². The molecule has 3 aromatic rings. The number of carbonyl (C=O) groups excluding carboxylic acids is 1. The first-order valence-corrected chi connectivity index (χ1v) is 8.31. The molecular weight excluding hydrogens is 348 g/mol. The van der Waals surface area contributed by atoms with Gasteiger partial charge in [0.25, 0.3) is 5.91 Å². The van der Waals surface area contributed by atoms with Gasteiger partial charge in [-0.25, -0.2) is 8.78 Å². The molecule has 0 aliphatic rings. The number of carbonyl (C=O) groups is 1. The maximum Gasteiger partial charge on any atom is 0.252 e. The SMILES string of the molecule is Cc1ccc(C)n1-c1ccc(C(=O)NC(C#N)c2ccc(F)cc2F)cc1. The second-order valence-corrected chi connectivity index (χ2v) is 6.20. The van der Waals surface area contributed by atoms with Crippen molar-refractivity contribution in [3.63, 3.8) is 0 Å². The van der Waals surface area contributed by atoms with Crippen LogP contribution in [0, 0.1) is 36.8 Å². The van der Waals surface area contributed by atoms with E-state index in [1.807, 2.05) is 36.6 Å². The fourth-order valence-electron chi connectivity index (χ4n) is 2.97. The van der Waals surface area contributed by atoms with Gasteiger partial charge < -0.3 is 9.88 Å². The van der Waals surface area contributed by atoms with Gasteiger partial charge >= 0.3 is 0 Å². The Labute approximate surface area is 155 Å². The summed E-state index contributed by atoms with van der Waals surface area (Å²) in [6, 6.07) is 14.4. The standard InChI is InChI=1S/C21H17F2N3O/c1-13-3-4-14(2)26(13)17-8-5-15(6-9-17)21(27)25-20(12-24)18-10-7-16(22)11-19(18)23/h3-11,20H,1-2H3,(H,25,27). The van der Waals surface area contributed by atoms with E-state index >= 15 is 0 Å². The van der Waals surface area contributed by atoms with Crippen LogP contribution in [0.2, 0.25) is 0 Å². The number of rotatable bonds is 4. The third-order valence-corrected chi connectivity index (χ3v) is 4.34. The molecule has 1 atom stereocenters. The van der Waals surface area contributed by atoms with Crippen molar-refractivity contribution >= 4 is 5.91 Å². The summed E-state index contributed by atoms with van der Waals surface area (Å²) in [6.45, 7) is 3.98. The number of halogens is 2. The minimum absolute atomic E-state index is 0.0811. The fraction of sp³-hybridized carbons (Fsp3) is 0.143. The second-order valence-electron chi connectivity index (χ2n) is 6.20. The number of amides is 1. The van der Waals surface area contributed by atoms with Crippen molar-refractivity contribution in [3.05, 3.63) is 88.7 Å². The minimum Gasteiger partial charge on any atom is -0.332 e. The second kappa shape index (κ2) is 7.42. The van der Waals surface area contributed by atoms with Crippen LogP contribution in [0.25, 0.3) is 5.69 Å². The predicted octanol–water partition coefficient (Wildman–Crippen LogP) is 4.37. The molecule has 1 amide bonds. The zero-order valence-corrected chi connectivity index (χ0v) is 14.8. The van der Waals surface area contributed by atoms with Crippen molar-refractivity contribution < 1.29 is 13.6 Å². The molecule has 0 spiro atoms. The number of hydrogen-bond donors (Lipinski definition) is 1. The lowest BCUT2D eigenvalue weighted by molar-refractivity contribution is 0.0944. The zero-order chi connectivity index (χ0) is 19.6. The van der Waals surface area contributed by atoms with Gasteiger partial charge in [-0.3, -0.25) is 4.79 Å². The van der Waals surface area contributed by atoms with Gasteiger partial charge in [0, 0.05) is 34.3 Å². The Hall–Kier alpha value is -3.46. The van der Waals surface area contributed by atoms with Crippen molar-refractivity contribution in [3.8, 4) is 11.8 Å². The van der Waals surface area contributed by atoms with Crippen LogP contribution in [0.15, 0.2) is 54.6 Å². The maximum absolute atomic E-state index is 13.9. The minimum atomic E-state index is -1.22. The van der Waals surface area contributed by atoms with Crippen LogP contribution in [0.4, 0.5) is 8.78 Å². The highest BCUT2D eigenvalue weighted by Crippen LogP contribution is 2.20. The lowest BCUT2D eigenvalue weighted by Crippen LogP contribution is -2.28. The van der Waals surface area contributed by atoms with Gasteiger partial charge in [-0.15, -0.1) is 0 Å². The third kappa shape index (κ3) is 3.72. The van der Waals surface area contributed by atoms with E-state index in [1.54, 1.807) is 24.3 Å². The molecular formula is C21H17F2N3O. The summed E-state index contributed by atoms with van der Waals surface area (Å²) >= 11 is 0. The summed E-state index contributed by atoms with van der Waals surface area (Å²) in [6.07, 6.45) is 0. The highest BCUT2D eigenvalue weighted by atomic mass is 19.1. The fourth-order valence-corrected chi connectivity index (χ4v) is 2.97. The maximum atomic E-state index is 13.9. The molecule has 0 saturated carbocycles. The molecule has 1 aromatic heterocycles. The third-order valence-electron chi connectivity index (χ3n) is 4.34. The lowest BCUT2D eigenvalue weighted by Gasteiger charge is -2.14. The first kappa shape index (κ1) is 18.3. The van der Waals surface area contributed by atoms with Crippen LogP contribution < -0.4 is 5.32 Å². The van der Waals surface area contributed by atoms with Gasteiger partial charge in [-0.2, -0.15) is 5.26 Å². The van der Waals surface area contributed by atoms with Gasteiger partial charge in [0.1, 0.15) is 17.7 Å². The average molecular weight is 365 g/mol. The number of benzene rings is 2. The first-order valence-electron chi connectivity index (χ1n) is 8.31. The highest BCUT2D eigenvalue weighted by Gasteiger charge is 2.19. The Morgan fingerprint density at radius 1 is 1.04 bits per heavy atom. The van der Waals surface area contributed by atoms with Gasteiger partial charge in [0.15, 0.2) is 0 Å². The van der Waals surface area contributed by atoms with Crippen molar-refractivity contribution in [2.45, 2.75) is 19.9 Å². The number of aryl methyl sites for hydroxylation is 2. The normalized spacial score (nSPS) is 11.7. The summed E-state index contributed by atoms with van der Waals surface area (Å²) in [7, 11) is 0. The molecule has 6 heteroatoms. The Morgan fingerprint density at radius 3 is 2.22 bits per heavy atom.